The van der Waals surface area contributed by atoms with Gasteiger partial charge in [-0.2, -0.15) is 0 Å². The van der Waals surface area contributed by atoms with Crippen molar-refractivity contribution in [2.75, 3.05) is 5.32 Å². The van der Waals surface area contributed by atoms with Crippen LogP contribution in [-0.4, -0.2) is 16.9 Å². The van der Waals surface area contributed by atoms with Gasteiger partial charge in [-0.15, -0.1) is 23.7 Å². The molecular formula is C12H18ClN3OS. The Morgan fingerprint density at radius 1 is 1.39 bits per heavy atom. The second-order valence-corrected chi connectivity index (χ2v) is 6.09. The molecule has 3 rings (SSSR count). The van der Waals surface area contributed by atoms with Crippen LogP contribution in [0.4, 0.5) is 5.13 Å². The van der Waals surface area contributed by atoms with Gasteiger partial charge in [-0.1, -0.05) is 6.42 Å². The lowest BCUT2D eigenvalue weighted by molar-refractivity contribution is -0.122. The van der Waals surface area contributed by atoms with Gasteiger partial charge in [-0.05, 0) is 32.1 Å². The SMILES string of the molecule is Cl.N[C@H]1CCc2nc(NC(=O)C3CCC3)sc2C1. The smallest absolute Gasteiger partial charge is 0.229 e. The number of aromatic nitrogens is 1. The van der Waals surface area contributed by atoms with E-state index in [1.54, 1.807) is 11.3 Å². The van der Waals surface area contributed by atoms with E-state index >= 15 is 0 Å². The van der Waals surface area contributed by atoms with Gasteiger partial charge in [0, 0.05) is 16.8 Å². The number of fused-ring (bicyclic) bond motifs is 1. The van der Waals surface area contributed by atoms with E-state index in [0.29, 0.717) is 0 Å². The summed E-state index contributed by atoms with van der Waals surface area (Å²) in [7, 11) is 0. The molecule has 0 aromatic carbocycles. The quantitative estimate of drug-likeness (QED) is 0.875. The zero-order valence-corrected chi connectivity index (χ0v) is 11.8. The largest absolute Gasteiger partial charge is 0.327 e. The molecule has 2 aliphatic rings. The molecule has 0 aliphatic heterocycles. The van der Waals surface area contributed by atoms with Crippen molar-refractivity contribution in [1.29, 1.82) is 0 Å². The predicted octanol–water partition coefficient (Wildman–Crippen LogP) is 2.12. The maximum absolute atomic E-state index is 11.8. The molecule has 1 fully saturated rings. The summed E-state index contributed by atoms with van der Waals surface area (Å²) in [6.07, 6.45) is 6.11. The first-order valence-corrected chi connectivity index (χ1v) is 7.09. The third kappa shape index (κ3) is 2.68. The van der Waals surface area contributed by atoms with Gasteiger partial charge in [0.1, 0.15) is 0 Å². The van der Waals surface area contributed by atoms with Gasteiger partial charge in [0.15, 0.2) is 5.13 Å². The van der Waals surface area contributed by atoms with Crippen LogP contribution < -0.4 is 11.1 Å². The summed E-state index contributed by atoms with van der Waals surface area (Å²) < 4.78 is 0. The first kappa shape index (κ1) is 13.8. The molecule has 0 saturated heterocycles. The standard InChI is InChI=1S/C12H17N3OS.ClH/c13-8-4-5-9-10(6-8)17-12(14-9)15-11(16)7-2-1-3-7;/h7-8H,1-6,13H2,(H,14,15,16);1H/t8-;/m0./s1. The van der Waals surface area contributed by atoms with Crippen LogP contribution in [0.1, 0.15) is 36.3 Å². The molecule has 0 bridgehead atoms. The molecular weight excluding hydrogens is 270 g/mol. The van der Waals surface area contributed by atoms with Crippen molar-refractivity contribution < 1.29 is 4.79 Å². The molecule has 4 nitrogen and oxygen atoms in total. The number of nitrogens with one attached hydrogen (secondary N) is 1. The minimum absolute atomic E-state index is 0. The number of carbonyl (C=O) groups excluding carboxylic acids is 1. The number of nitrogens with zero attached hydrogens (tertiary/aromatic N) is 1. The molecule has 0 radical (unpaired) electrons. The third-order valence-corrected chi connectivity index (χ3v) is 4.72. The van der Waals surface area contributed by atoms with E-state index in [4.69, 9.17) is 5.73 Å². The molecule has 0 spiro atoms. The van der Waals surface area contributed by atoms with Crippen molar-refractivity contribution in [3.05, 3.63) is 10.6 Å². The van der Waals surface area contributed by atoms with Crippen LogP contribution in [0.3, 0.4) is 0 Å². The van der Waals surface area contributed by atoms with Crippen LogP contribution in [0, 0.1) is 5.92 Å². The Morgan fingerprint density at radius 3 is 2.83 bits per heavy atom. The number of aryl methyl sites for hydroxylation is 1. The number of amides is 1. The van der Waals surface area contributed by atoms with E-state index < -0.39 is 0 Å². The predicted molar refractivity (Wildman–Crippen MR) is 75.3 cm³/mol. The van der Waals surface area contributed by atoms with Crippen LogP contribution in [0.25, 0.3) is 0 Å². The molecule has 1 aromatic heterocycles. The number of hydrogen-bond donors (Lipinski definition) is 2. The zero-order valence-electron chi connectivity index (χ0n) is 10.1. The lowest BCUT2D eigenvalue weighted by Crippen LogP contribution is -2.28. The van der Waals surface area contributed by atoms with E-state index in [1.807, 2.05) is 0 Å². The highest BCUT2D eigenvalue weighted by Gasteiger charge is 2.27. The molecule has 1 heterocycles. The van der Waals surface area contributed by atoms with Gasteiger partial charge in [-0.3, -0.25) is 4.79 Å². The molecule has 0 unspecified atom stereocenters. The van der Waals surface area contributed by atoms with Gasteiger partial charge in [0.25, 0.3) is 0 Å². The van der Waals surface area contributed by atoms with Crippen LogP contribution >= 0.6 is 23.7 Å². The van der Waals surface area contributed by atoms with E-state index in [2.05, 4.69) is 10.3 Å². The summed E-state index contributed by atoms with van der Waals surface area (Å²) in [5.74, 6) is 0.366. The van der Waals surface area contributed by atoms with Crippen molar-refractivity contribution in [3.8, 4) is 0 Å². The fraction of sp³-hybridized carbons (Fsp3) is 0.667. The van der Waals surface area contributed by atoms with Gasteiger partial charge < -0.3 is 11.1 Å². The van der Waals surface area contributed by atoms with Gasteiger partial charge >= 0.3 is 0 Å². The minimum atomic E-state index is 0. The first-order valence-electron chi connectivity index (χ1n) is 6.27. The second kappa shape index (κ2) is 5.55. The number of carbonyl (C=O) groups is 1. The molecule has 6 heteroatoms. The lowest BCUT2D eigenvalue weighted by atomic mass is 9.85. The number of anilines is 1. The van der Waals surface area contributed by atoms with Crippen molar-refractivity contribution in [2.24, 2.45) is 11.7 Å². The number of rotatable bonds is 2. The Hall–Kier alpha value is -0.650. The number of thiazole rings is 1. The summed E-state index contributed by atoms with van der Waals surface area (Å²) in [6.45, 7) is 0. The second-order valence-electron chi connectivity index (χ2n) is 5.01. The maximum atomic E-state index is 11.8. The molecule has 1 saturated carbocycles. The first-order chi connectivity index (χ1) is 8.22. The summed E-state index contributed by atoms with van der Waals surface area (Å²) in [5.41, 5.74) is 7.07. The van der Waals surface area contributed by atoms with E-state index in [9.17, 15) is 4.79 Å². The van der Waals surface area contributed by atoms with Crippen LogP contribution in [0.5, 0.6) is 0 Å². The molecule has 100 valence electrons. The maximum Gasteiger partial charge on any atom is 0.229 e. The highest BCUT2D eigenvalue weighted by atomic mass is 35.5. The average Bonchev–Trinajstić information content (AvgIpc) is 2.55. The molecule has 1 amide bonds. The lowest BCUT2D eigenvalue weighted by Gasteiger charge is -2.23. The van der Waals surface area contributed by atoms with Crippen molar-refractivity contribution in [3.63, 3.8) is 0 Å². The highest BCUT2D eigenvalue weighted by Crippen LogP contribution is 2.31. The molecule has 18 heavy (non-hydrogen) atoms. The normalized spacial score (nSPS) is 22.6. The fourth-order valence-electron chi connectivity index (χ4n) is 2.33. The van der Waals surface area contributed by atoms with E-state index in [0.717, 1.165) is 42.9 Å². The van der Waals surface area contributed by atoms with Crippen molar-refractivity contribution in [1.82, 2.24) is 4.98 Å². The Labute approximate surface area is 117 Å². The molecule has 1 atom stereocenters. The fourth-order valence-corrected chi connectivity index (χ4v) is 3.44. The number of hydrogen-bond acceptors (Lipinski definition) is 4. The highest BCUT2D eigenvalue weighted by molar-refractivity contribution is 7.15. The van der Waals surface area contributed by atoms with Crippen LogP contribution in [0.2, 0.25) is 0 Å². The Morgan fingerprint density at radius 2 is 2.17 bits per heavy atom. The summed E-state index contributed by atoms with van der Waals surface area (Å²) in [6, 6.07) is 0.262. The van der Waals surface area contributed by atoms with Crippen molar-refractivity contribution >= 4 is 34.8 Å². The minimum Gasteiger partial charge on any atom is -0.327 e. The summed E-state index contributed by atoms with van der Waals surface area (Å²) in [4.78, 5) is 17.6. The van der Waals surface area contributed by atoms with Crippen molar-refractivity contribution in [2.45, 2.75) is 44.6 Å². The molecule has 1 aromatic rings. The van der Waals surface area contributed by atoms with Gasteiger partial charge in [0.05, 0.1) is 5.69 Å². The monoisotopic (exact) mass is 287 g/mol. The number of halogens is 1. The van der Waals surface area contributed by atoms with E-state index in [1.165, 1.54) is 11.3 Å². The zero-order chi connectivity index (χ0) is 11.8. The van der Waals surface area contributed by atoms with Gasteiger partial charge in [0.2, 0.25) is 5.91 Å². The molecule has 3 N–H and O–H groups in total. The molecule has 2 aliphatic carbocycles. The summed E-state index contributed by atoms with van der Waals surface area (Å²) >= 11 is 1.60. The topological polar surface area (TPSA) is 68.0 Å². The van der Waals surface area contributed by atoms with E-state index in [-0.39, 0.29) is 30.3 Å². The third-order valence-electron chi connectivity index (χ3n) is 3.68. The Bertz CT molecular complexity index is 445. The Balaban J connectivity index is 0.00000120. The van der Waals surface area contributed by atoms with Gasteiger partial charge in [-0.25, -0.2) is 4.98 Å². The van der Waals surface area contributed by atoms with Crippen LogP contribution in [-0.2, 0) is 17.6 Å². The average molecular weight is 288 g/mol. The Kier molecular flexibility index (Phi) is 4.25. The van der Waals surface area contributed by atoms with Crippen LogP contribution in [0.15, 0.2) is 0 Å². The number of nitrogens with two attached hydrogens (primary N) is 1. The summed E-state index contributed by atoms with van der Waals surface area (Å²) in [5, 5.41) is 3.71.